The Labute approximate surface area is 117 Å². The van der Waals surface area contributed by atoms with E-state index in [2.05, 4.69) is 6.07 Å². The SMILES string of the molecule is Cc1cc(C)cc(N(C)c2cc(Cl)c(F)cc2N)c1. The molecule has 100 valence electrons. The van der Waals surface area contributed by atoms with Crippen LogP contribution in [-0.2, 0) is 0 Å². The molecule has 19 heavy (non-hydrogen) atoms. The molecule has 0 atom stereocenters. The van der Waals surface area contributed by atoms with E-state index >= 15 is 0 Å². The smallest absolute Gasteiger partial charge is 0.143 e. The zero-order valence-electron chi connectivity index (χ0n) is 11.2. The summed E-state index contributed by atoms with van der Waals surface area (Å²) >= 11 is 5.82. The molecule has 0 saturated heterocycles. The fraction of sp³-hybridized carbons (Fsp3) is 0.200. The molecule has 0 aliphatic carbocycles. The van der Waals surface area contributed by atoms with Gasteiger partial charge in [0, 0.05) is 18.8 Å². The second-order valence-corrected chi connectivity index (χ2v) is 5.14. The van der Waals surface area contributed by atoms with Gasteiger partial charge in [0.25, 0.3) is 0 Å². The first kappa shape index (κ1) is 13.7. The van der Waals surface area contributed by atoms with E-state index in [0.29, 0.717) is 11.4 Å². The summed E-state index contributed by atoms with van der Waals surface area (Å²) in [7, 11) is 1.88. The van der Waals surface area contributed by atoms with Crippen LogP contribution in [0, 0.1) is 19.7 Å². The fourth-order valence-electron chi connectivity index (χ4n) is 2.13. The van der Waals surface area contributed by atoms with E-state index in [4.69, 9.17) is 17.3 Å². The summed E-state index contributed by atoms with van der Waals surface area (Å²) in [4.78, 5) is 1.90. The first-order valence-electron chi connectivity index (χ1n) is 5.95. The van der Waals surface area contributed by atoms with Crippen molar-refractivity contribution in [2.45, 2.75) is 13.8 Å². The van der Waals surface area contributed by atoms with Gasteiger partial charge in [0.05, 0.1) is 16.4 Å². The lowest BCUT2D eigenvalue weighted by Crippen LogP contribution is -2.12. The number of nitrogens with two attached hydrogens (primary N) is 1. The van der Waals surface area contributed by atoms with Gasteiger partial charge in [-0.2, -0.15) is 0 Å². The summed E-state index contributed by atoms with van der Waals surface area (Å²) in [6.45, 7) is 4.07. The van der Waals surface area contributed by atoms with E-state index in [-0.39, 0.29) is 5.02 Å². The minimum atomic E-state index is -0.503. The highest BCUT2D eigenvalue weighted by Gasteiger charge is 2.12. The van der Waals surface area contributed by atoms with Gasteiger partial charge in [0.2, 0.25) is 0 Å². The first-order chi connectivity index (χ1) is 8.88. The van der Waals surface area contributed by atoms with Crippen LogP contribution < -0.4 is 10.6 Å². The second-order valence-electron chi connectivity index (χ2n) is 4.73. The molecule has 0 aromatic heterocycles. The Balaban J connectivity index is 2.49. The van der Waals surface area contributed by atoms with Crippen molar-refractivity contribution in [3.05, 3.63) is 52.3 Å². The Morgan fingerprint density at radius 3 is 2.21 bits per heavy atom. The van der Waals surface area contributed by atoms with E-state index in [9.17, 15) is 4.39 Å². The number of benzene rings is 2. The van der Waals surface area contributed by atoms with Gasteiger partial charge in [-0.3, -0.25) is 0 Å². The standard InChI is InChI=1S/C15H16ClFN2/c1-9-4-10(2)6-11(5-9)19(3)15-7-12(16)13(17)8-14(15)18/h4-8H,18H2,1-3H3. The maximum atomic E-state index is 13.3. The highest BCUT2D eigenvalue weighted by Crippen LogP contribution is 2.33. The zero-order valence-corrected chi connectivity index (χ0v) is 11.9. The predicted octanol–water partition coefficient (Wildman–Crippen LogP) is 4.45. The van der Waals surface area contributed by atoms with Crippen LogP contribution in [-0.4, -0.2) is 7.05 Å². The number of rotatable bonds is 2. The predicted molar refractivity (Wildman–Crippen MR) is 79.8 cm³/mol. The molecule has 0 unspecified atom stereocenters. The van der Waals surface area contributed by atoms with E-state index < -0.39 is 5.82 Å². The van der Waals surface area contributed by atoms with Crippen LogP contribution in [0.25, 0.3) is 0 Å². The maximum Gasteiger partial charge on any atom is 0.143 e. The third-order valence-electron chi connectivity index (χ3n) is 3.02. The summed E-state index contributed by atoms with van der Waals surface area (Å²) in [6, 6.07) is 8.98. The third-order valence-corrected chi connectivity index (χ3v) is 3.31. The Hall–Kier alpha value is -1.74. The topological polar surface area (TPSA) is 29.3 Å². The molecular weight excluding hydrogens is 263 g/mol. The Kier molecular flexibility index (Phi) is 3.67. The number of nitrogens with zero attached hydrogens (tertiary/aromatic N) is 1. The van der Waals surface area contributed by atoms with Gasteiger partial charge in [0.15, 0.2) is 0 Å². The molecule has 2 nitrogen and oxygen atoms in total. The fourth-order valence-corrected chi connectivity index (χ4v) is 2.28. The van der Waals surface area contributed by atoms with Crippen molar-refractivity contribution < 1.29 is 4.39 Å². The summed E-state index contributed by atoms with van der Waals surface area (Å²) < 4.78 is 13.3. The van der Waals surface area contributed by atoms with E-state index in [1.165, 1.54) is 6.07 Å². The van der Waals surface area contributed by atoms with Crippen molar-refractivity contribution in [1.82, 2.24) is 0 Å². The normalized spacial score (nSPS) is 10.6. The minimum Gasteiger partial charge on any atom is -0.397 e. The summed E-state index contributed by atoms with van der Waals surface area (Å²) in [5.41, 5.74) is 10.2. The highest BCUT2D eigenvalue weighted by atomic mass is 35.5. The number of hydrogen-bond acceptors (Lipinski definition) is 2. The molecule has 0 aliphatic rings. The summed E-state index contributed by atoms with van der Waals surface area (Å²) in [5, 5.41) is 0.0698. The van der Waals surface area contributed by atoms with Crippen LogP contribution in [0.2, 0.25) is 5.02 Å². The van der Waals surface area contributed by atoms with Gasteiger partial charge in [-0.15, -0.1) is 0 Å². The lowest BCUT2D eigenvalue weighted by atomic mass is 10.1. The molecule has 0 amide bonds. The van der Waals surface area contributed by atoms with Gasteiger partial charge >= 0.3 is 0 Å². The monoisotopic (exact) mass is 278 g/mol. The number of hydrogen-bond donors (Lipinski definition) is 1. The lowest BCUT2D eigenvalue weighted by Gasteiger charge is -2.22. The molecule has 4 heteroatoms. The van der Waals surface area contributed by atoms with Crippen LogP contribution >= 0.6 is 11.6 Å². The third kappa shape index (κ3) is 2.82. The van der Waals surface area contributed by atoms with Crippen LogP contribution in [0.5, 0.6) is 0 Å². The molecule has 2 aromatic rings. The van der Waals surface area contributed by atoms with E-state index in [1.807, 2.05) is 37.9 Å². The lowest BCUT2D eigenvalue weighted by molar-refractivity contribution is 0.629. The molecule has 0 bridgehead atoms. The summed E-state index contributed by atoms with van der Waals surface area (Å²) in [6.07, 6.45) is 0. The van der Waals surface area contributed by atoms with Crippen LogP contribution in [0.3, 0.4) is 0 Å². The molecule has 0 saturated carbocycles. The average Bonchev–Trinajstić information content (AvgIpc) is 2.31. The molecule has 2 rings (SSSR count). The first-order valence-corrected chi connectivity index (χ1v) is 6.33. The number of halogens is 2. The quantitative estimate of drug-likeness (QED) is 0.823. The molecule has 2 N–H and O–H groups in total. The minimum absolute atomic E-state index is 0.0698. The van der Waals surface area contributed by atoms with Crippen molar-refractivity contribution in [1.29, 1.82) is 0 Å². The van der Waals surface area contributed by atoms with Crippen molar-refractivity contribution >= 4 is 28.7 Å². The Bertz CT molecular complexity index is 606. The maximum absolute atomic E-state index is 13.3. The van der Waals surface area contributed by atoms with Crippen LogP contribution in [0.1, 0.15) is 11.1 Å². The Morgan fingerprint density at radius 1 is 1.05 bits per heavy atom. The molecule has 0 fully saturated rings. The Morgan fingerprint density at radius 2 is 1.63 bits per heavy atom. The highest BCUT2D eigenvalue weighted by molar-refractivity contribution is 6.31. The van der Waals surface area contributed by atoms with Crippen LogP contribution in [0.4, 0.5) is 21.5 Å². The molecule has 0 heterocycles. The molecule has 0 spiro atoms. The molecule has 0 radical (unpaired) electrons. The van der Waals surface area contributed by atoms with Crippen molar-refractivity contribution in [2.75, 3.05) is 17.7 Å². The van der Waals surface area contributed by atoms with Gasteiger partial charge in [0.1, 0.15) is 5.82 Å². The van der Waals surface area contributed by atoms with Crippen molar-refractivity contribution in [3.63, 3.8) is 0 Å². The molecular formula is C15H16ClFN2. The number of aryl methyl sites for hydroxylation is 2. The zero-order chi connectivity index (χ0) is 14.2. The van der Waals surface area contributed by atoms with Gasteiger partial charge in [-0.25, -0.2) is 4.39 Å². The van der Waals surface area contributed by atoms with Gasteiger partial charge in [-0.05, 0) is 43.2 Å². The second kappa shape index (κ2) is 5.10. The largest absolute Gasteiger partial charge is 0.397 e. The van der Waals surface area contributed by atoms with Crippen LogP contribution in [0.15, 0.2) is 30.3 Å². The van der Waals surface area contributed by atoms with Crippen molar-refractivity contribution in [3.8, 4) is 0 Å². The van der Waals surface area contributed by atoms with Gasteiger partial charge in [-0.1, -0.05) is 17.7 Å². The summed E-state index contributed by atoms with van der Waals surface area (Å²) in [5.74, 6) is -0.503. The van der Waals surface area contributed by atoms with E-state index in [1.54, 1.807) is 6.07 Å². The molecule has 0 aliphatic heterocycles. The number of anilines is 3. The number of nitrogen functional groups attached to an aromatic ring is 1. The van der Waals surface area contributed by atoms with Gasteiger partial charge < -0.3 is 10.6 Å². The average molecular weight is 279 g/mol. The molecule has 2 aromatic carbocycles. The van der Waals surface area contributed by atoms with Crippen molar-refractivity contribution in [2.24, 2.45) is 0 Å². The van der Waals surface area contributed by atoms with E-state index in [0.717, 1.165) is 16.8 Å².